The number of halogens is 3. The molecule has 2 fully saturated rings. The van der Waals surface area contributed by atoms with Crippen LogP contribution in [0.4, 0.5) is 19.1 Å². The molecule has 0 amide bonds. The van der Waals surface area contributed by atoms with Crippen LogP contribution in [-0.4, -0.2) is 57.2 Å². The van der Waals surface area contributed by atoms with Crippen molar-refractivity contribution in [2.24, 2.45) is 18.9 Å². The number of morpholine rings is 1. The molecule has 0 aromatic carbocycles. The van der Waals surface area contributed by atoms with E-state index in [0.29, 0.717) is 42.6 Å². The van der Waals surface area contributed by atoms with Crippen LogP contribution in [0.3, 0.4) is 0 Å². The SMILES string of the molecule is Cc1cc2c(OCC3CC(C(F)(F)F)C3)nc(N3CCO[C@@H](c4cnn(C)c4)C3)nc2nc1C. The van der Waals surface area contributed by atoms with Crippen molar-refractivity contribution in [3.8, 4) is 5.88 Å². The van der Waals surface area contributed by atoms with Gasteiger partial charge in [-0.1, -0.05) is 0 Å². The Kier molecular flexibility index (Phi) is 5.83. The Morgan fingerprint density at radius 3 is 2.68 bits per heavy atom. The number of aryl methyl sites for hydroxylation is 3. The summed E-state index contributed by atoms with van der Waals surface area (Å²) < 4.78 is 52.2. The summed E-state index contributed by atoms with van der Waals surface area (Å²) in [6.07, 6.45) is -0.425. The Bertz CT molecular complexity index is 1190. The Hall–Kier alpha value is -2.95. The van der Waals surface area contributed by atoms with Crippen LogP contribution in [0.1, 0.15) is 35.8 Å². The van der Waals surface area contributed by atoms with Crippen molar-refractivity contribution in [3.63, 3.8) is 0 Å². The number of hydrogen-bond acceptors (Lipinski definition) is 7. The average Bonchev–Trinajstić information content (AvgIpc) is 3.19. The maximum absolute atomic E-state index is 12.9. The molecule has 2 aliphatic rings. The fourth-order valence-corrected chi connectivity index (χ4v) is 4.43. The molecule has 0 unspecified atom stereocenters. The quantitative estimate of drug-likeness (QED) is 0.552. The summed E-state index contributed by atoms with van der Waals surface area (Å²) in [6.45, 7) is 5.68. The number of alkyl halides is 3. The third-order valence-electron chi connectivity index (χ3n) is 6.68. The zero-order valence-corrected chi connectivity index (χ0v) is 19.3. The summed E-state index contributed by atoms with van der Waals surface area (Å²) in [7, 11) is 1.86. The molecule has 3 aromatic rings. The van der Waals surface area contributed by atoms with Gasteiger partial charge in [-0.05, 0) is 44.2 Å². The van der Waals surface area contributed by atoms with Gasteiger partial charge in [-0.2, -0.15) is 28.2 Å². The van der Waals surface area contributed by atoms with Gasteiger partial charge >= 0.3 is 6.18 Å². The monoisotopic (exact) mass is 476 g/mol. The van der Waals surface area contributed by atoms with Gasteiger partial charge in [-0.25, -0.2) is 4.98 Å². The number of rotatable bonds is 5. The topological polar surface area (TPSA) is 78.2 Å². The molecule has 1 saturated heterocycles. The molecule has 11 heteroatoms. The highest BCUT2D eigenvalue weighted by Gasteiger charge is 2.48. The molecule has 182 valence electrons. The van der Waals surface area contributed by atoms with Crippen LogP contribution < -0.4 is 9.64 Å². The molecule has 1 atom stereocenters. The highest BCUT2D eigenvalue weighted by molar-refractivity contribution is 5.82. The second-order valence-electron chi connectivity index (χ2n) is 9.23. The van der Waals surface area contributed by atoms with Crippen molar-refractivity contribution in [2.45, 2.75) is 39.0 Å². The molecule has 0 radical (unpaired) electrons. The van der Waals surface area contributed by atoms with Gasteiger partial charge in [-0.3, -0.25) is 4.68 Å². The van der Waals surface area contributed by atoms with Gasteiger partial charge in [0, 0.05) is 31.0 Å². The highest BCUT2D eigenvalue weighted by atomic mass is 19.4. The molecular formula is C23H27F3N6O2. The molecule has 1 aliphatic carbocycles. The van der Waals surface area contributed by atoms with E-state index in [0.717, 1.165) is 16.8 Å². The summed E-state index contributed by atoms with van der Waals surface area (Å²) in [6, 6.07) is 1.92. The number of pyridine rings is 1. The first-order chi connectivity index (χ1) is 16.2. The second-order valence-corrected chi connectivity index (χ2v) is 9.23. The average molecular weight is 477 g/mol. The first-order valence-corrected chi connectivity index (χ1v) is 11.4. The predicted octanol–water partition coefficient (Wildman–Crippen LogP) is 3.92. The van der Waals surface area contributed by atoms with Crippen LogP contribution in [0.25, 0.3) is 11.0 Å². The molecule has 3 aromatic heterocycles. The number of anilines is 1. The minimum Gasteiger partial charge on any atom is -0.477 e. The van der Waals surface area contributed by atoms with E-state index in [4.69, 9.17) is 14.5 Å². The van der Waals surface area contributed by atoms with Gasteiger partial charge in [-0.15, -0.1) is 0 Å². The van der Waals surface area contributed by atoms with E-state index in [-0.39, 0.29) is 31.5 Å². The third kappa shape index (κ3) is 4.53. The van der Waals surface area contributed by atoms with Gasteiger partial charge in [0.2, 0.25) is 11.8 Å². The molecule has 0 spiro atoms. The van der Waals surface area contributed by atoms with Crippen molar-refractivity contribution in [1.29, 1.82) is 0 Å². The Labute approximate surface area is 195 Å². The summed E-state index contributed by atoms with van der Waals surface area (Å²) >= 11 is 0. The standard InChI is InChI=1S/C23H27F3N6O2/c1-13-6-18-20(28-14(13)2)29-22(30-21(18)34-12-15-7-17(8-15)23(24,25)26)32-4-5-33-19(11-32)16-9-27-31(3)10-16/h6,9-10,15,17,19H,4-5,7-8,11-12H2,1-3H3/t15?,17?,19-/m1/s1. The number of fused-ring (bicyclic) bond motifs is 1. The molecule has 4 heterocycles. The van der Waals surface area contributed by atoms with E-state index in [1.807, 2.05) is 38.1 Å². The van der Waals surface area contributed by atoms with Crippen molar-refractivity contribution in [3.05, 3.63) is 35.3 Å². The molecule has 34 heavy (non-hydrogen) atoms. The molecule has 1 aliphatic heterocycles. The summed E-state index contributed by atoms with van der Waals surface area (Å²) in [5, 5.41) is 4.89. The van der Waals surface area contributed by atoms with Crippen molar-refractivity contribution in [2.75, 3.05) is 31.2 Å². The van der Waals surface area contributed by atoms with E-state index < -0.39 is 12.1 Å². The van der Waals surface area contributed by atoms with Crippen LogP contribution in [0.2, 0.25) is 0 Å². The van der Waals surface area contributed by atoms with Gasteiger partial charge in [0.1, 0.15) is 6.10 Å². The minimum atomic E-state index is -4.13. The number of nitrogens with zero attached hydrogens (tertiary/aromatic N) is 6. The van der Waals surface area contributed by atoms with Crippen LogP contribution in [-0.2, 0) is 11.8 Å². The zero-order chi connectivity index (χ0) is 24.0. The normalized spacial score (nSPS) is 23.2. The van der Waals surface area contributed by atoms with Gasteiger partial charge in [0.05, 0.1) is 37.3 Å². The first kappa shape index (κ1) is 22.8. The Balaban J connectivity index is 1.39. The summed E-state index contributed by atoms with van der Waals surface area (Å²) in [5.74, 6) is -0.547. The predicted molar refractivity (Wildman–Crippen MR) is 119 cm³/mol. The van der Waals surface area contributed by atoms with Crippen LogP contribution in [0.5, 0.6) is 5.88 Å². The minimum absolute atomic E-state index is 0.0893. The third-order valence-corrected chi connectivity index (χ3v) is 6.68. The lowest BCUT2D eigenvalue weighted by atomic mass is 9.75. The summed E-state index contributed by atoms with van der Waals surface area (Å²) in [4.78, 5) is 16.0. The van der Waals surface area contributed by atoms with Crippen LogP contribution in [0, 0.1) is 25.7 Å². The molecule has 0 N–H and O–H groups in total. The fraction of sp³-hybridized carbons (Fsp3) is 0.565. The zero-order valence-electron chi connectivity index (χ0n) is 19.3. The first-order valence-electron chi connectivity index (χ1n) is 11.4. The molecule has 0 bridgehead atoms. The number of hydrogen-bond donors (Lipinski definition) is 0. The Morgan fingerprint density at radius 2 is 1.97 bits per heavy atom. The maximum atomic E-state index is 12.9. The maximum Gasteiger partial charge on any atom is 0.391 e. The van der Waals surface area contributed by atoms with E-state index in [1.54, 1.807) is 10.9 Å². The van der Waals surface area contributed by atoms with Gasteiger partial charge in [0.25, 0.3) is 0 Å². The van der Waals surface area contributed by atoms with Crippen molar-refractivity contribution >= 4 is 17.0 Å². The van der Waals surface area contributed by atoms with E-state index in [1.165, 1.54) is 0 Å². The van der Waals surface area contributed by atoms with E-state index in [9.17, 15) is 13.2 Å². The lowest BCUT2D eigenvalue weighted by Gasteiger charge is -2.36. The van der Waals surface area contributed by atoms with E-state index >= 15 is 0 Å². The molecule has 5 rings (SSSR count). The Morgan fingerprint density at radius 1 is 1.18 bits per heavy atom. The van der Waals surface area contributed by atoms with E-state index in [2.05, 4.69) is 15.1 Å². The lowest BCUT2D eigenvalue weighted by Crippen LogP contribution is -2.39. The molecular weight excluding hydrogens is 449 g/mol. The number of ether oxygens (including phenoxy) is 2. The fourth-order valence-electron chi connectivity index (χ4n) is 4.43. The van der Waals surface area contributed by atoms with Gasteiger partial charge < -0.3 is 14.4 Å². The van der Waals surface area contributed by atoms with Crippen LogP contribution >= 0.6 is 0 Å². The summed E-state index contributed by atoms with van der Waals surface area (Å²) in [5.41, 5.74) is 3.30. The molecule has 8 nitrogen and oxygen atoms in total. The van der Waals surface area contributed by atoms with Crippen molar-refractivity contribution < 1.29 is 22.6 Å². The molecule has 1 saturated carbocycles. The lowest BCUT2D eigenvalue weighted by molar-refractivity contribution is -0.206. The van der Waals surface area contributed by atoms with Crippen LogP contribution in [0.15, 0.2) is 18.5 Å². The number of aromatic nitrogens is 5. The second kappa shape index (κ2) is 8.68. The smallest absolute Gasteiger partial charge is 0.391 e. The van der Waals surface area contributed by atoms with Crippen molar-refractivity contribution in [1.82, 2.24) is 24.7 Å². The van der Waals surface area contributed by atoms with Gasteiger partial charge in [0.15, 0.2) is 5.65 Å². The largest absolute Gasteiger partial charge is 0.477 e. The highest BCUT2D eigenvalue weighted by Crippen LogP contribution is 2.45.